The van der Waals surface area contributed by atoms with E-state index in [4.69, 9.17) is 0 Å². The lowest BCUT2D eigenvalue weighted by atomic mass is 10.4. The Kier molecular flexibility index (Phi) is 21.7. The molecule has 0 aromatic carbocycles. The van der Waals surface area contributed by atoms with Gasteiger partial charge in [0.1, 0.15) is 5.82 Å². The van der Waals surface area contributed by atoms with E-state index in [9.17, 15) is 0 Å². The van der Waals surface area contributed by atoms with Crippen LogP contribution in [0.15, 0.2) is 12.4 Å². The van der Waals surface area contributed by atoms with Crippen LogP contribution in [0, 0.1) is 0 Å². The van der Waals surface area contributed by atoms with Crippen molar-refractivity contribution in [2.45, 2.75) is 54.5 Å². The molecule has 1 aromatic rings. The molecule has 5 heteroatoms. The number of aromatic nitrogens is 2. The fourth-order valence-corrected chi connectivity index (χ4v) is 3.05. The molecule has 138 valence electrons. The highest BCUT2D eigenvalue weighted by Crippen LogP contribution is 2.07. The van der Waals surface area contributed by atoms with Crippen molar-refractivity contribution in [2.24, 2.45) is 7.05 Å². The summed E-state index contributed by atoms with van der Waals surface area (Å²) >= 11 is 4.03. The fraction of sp³-hybridized carbons (Fsp3) is 0.833. The van der Waals surface area contributed by atoms with Gasteiger partial charge in [0.15, 0.2) is 0 Å². The smallest absolute Gasteiger partial charge is 0.122 e. The lowest BCUT2D eigenvalue weighted by molar-refractivity contribution is 0.290. The predicted octanol–water partition coefficient (Wildman–Crippen LogP) is 5.17. The van der Waals surface area contributed by atoms with Gasteiger partial charge in [0, 0.05) is 44.0 Å². The van der Waals surface area contributed by atoms with E-state index in [1.54, 1.807) is 0 Å². The standard InChI is InChI=1S/C13H25N3S2.C3H8.C2H6/c1-4-17-10-8-16(9-11-18-5-2)12-13-14-6-7-15(13)3;1-3-2;1-2/h6-7H,4-5,8-12H2,1-3H3;3H2,1-2H3;1-2H3. The maximum atomic E-state index is 4.42. The highest BCUT2D eigenvalue weighted by atomic mass is 32.2. The molecule has 0 unspecified atom stereocenters. The third-order valence-corrected chi connectivity index (χ3v) is 4.56. The van der Waals surface area contributed by atoms with Crippen LogP contribution in [-0.4, -0.2) is 50.6 Å². The Balaban J connectivity index is 0. The zero-order chi connectivity index (χ0) is 17.9. The molecule has 0 fully saturated rings. The van der Waals surface area contributed by atoms with Gasteiger partial charge in [-0.15, -0.1) is 0 Å². The summed E-state index contributed by atoms with van der Waals surface area (Å²) in [5.74, 6) is 6.02. The van der Waals surface area contributed by atoms with E-state index < -0.39 is 0 Å². The van der Waals surface area contributed by atoms with E-state index in [0.29, 0.717) is 0 Å². The van der Waals surface area contributed by atoms with Crippen LogP contribution in [0.4, 0.5) is 0 Å². The van der Waals surface area contributed by atoms with E-state index in [1.165, 1.54) is 29.4 Å². The van der Waals surface area contributed by atoms with Gasteiger partial charge in [0.2, 0.25) is 0 Å². The molecule has 0 saturated heterocycles. The second-order valence-corrected chi connectivity index (χ2v) is 7.62. The van der Waals surface area contributed by atoms with Gasteiger partial charge in [0.25, 0.3) is 0 Å². The lowest BCUT2D eigenvalue weighted by Gasteiger charge is -2.21. The maximum absolute atomic E-state index is 4.42. The molecule has 0 saturated carbocycles. The van der Waals surface area contributed by atoms with Crippen LogP contribution >= 0.6 is 23.5 Å². The third-order valence-electron chi connectivity index (χ3n) is 2.80. The van der Waals surface area contributed by atoms with Gasteiger partial charge in [-0.25, -0.2) is 4.98 Å². The van der Waals surface area contributed by atoms with Crippen molar-refractivity contribution < 1.29 is 0 Å². The van der Waals surface area contributed by atoms with Crippen molar-refractivity contribution in [3.05, 3.63) is 18.2 Å². The molecule has 0 radical (unpaired) electrons. The molecular formula is C18H39N3S2. The number of aryl methyl sites for hydroxylation is 1. The third kappa shape index (κ3) is 15.2. The number of rotatable bonds is 10. The van der Waals surface area contributed by atoms with Crippen molar-refractivity contribution >= 4 is 23.5 Å². The average Bonchev–Trinajstić information content (AvgIpc) is 2.95. The Morgan fingerprint density at radius 1 is 1.00 bits per heavy atom. The van der Waals surface area contributed by atoms with Crippen LogP contribution in [0.2, 0.25) is 0 Å². The Hall–Kier alpha value is -0.130. The van der Waals surface area contributed by atoms with Crippen LogP contribution in [0.25, 0.3) is 0 Å². The van der Waals surface area contributed by atoms with Gasteiger partial charge in [-0.3, -0.25) is 4.90 Å². The lowest BCUT2D eigenvalue weighted by Crippen LogP contribution is -2.29. The molecule has 1 rings (SSSR count). The van der Waals surface area contributed by atoms with Gasteiger partial charge in [-0.2, -0.15) is 23.5 Å². The molecule has 0 aliphatic rings. The molecule has 1 aromatic heterocycles. The van der Waals surface area contributed by atoms with Crippen molar-refractivity contribution in [2.75, 3.05) is 36.1 Å². The normalized spacial score (nSPS) is 9.91. The molecule has 1 heterocycles. The Labute approximate surface area is 154 Å². The number of hydrogen-bond donors (Lipinski definition) is 0. The SMILES string of the molecule is CC.CCC.CCSCCN(CCSCC)Cc1nccn1C. The minimum Gasteiger partial charge on any atom is -0.337 e. The first-order chi connectivity index (χ1) is 11.2. The Bertz CT molecular complexity index is 320. The number of nitrogens with zero attached hydrogens (tertiary/aromatic N) is 3. The molecule has 0 aliphatic heterocycles. The van der Waals surface area contributed by atoms with Gasteiger partial charge < -0.3 is 4.57 Å². The number of hydrogen-bond acceptors (Lipinski definition) is 4. The van der Waals surface area contributed by atoms with E-state index in [0.717, 1.165) is 25.5 Å². The van der Waals surface area contributed by atoms with Gasteiger partial charge in [0.05, 0.1) is 6.54 Å². The van der Waals surface area contributed by atoms with Crippen molar-refractivity contribution in [1.29, 1.82) is 0 Å². The summed E-state index contributed by atoms with van der Waals surface area (Å²) in [6.07, 6.45) is 5.16. The fourth-order valence-electron chi connectivity index (χ4n) is 1.69. The molecule has 23 heavy (non-hydrogen) atoms. The molecule has 0 amide bonds. The minimum atomic E-state index is 0.970. The van der Waals surface area contributed by atoms with Crippen LogP contribution in [0.3, 0.4) is 0 Å². The zero-order valence-electron chi connectivity index (χ0n) is 16.5. The summed E-state index contributed by atoms with van der Waals surface area (Å²) in [6.45, 7) is 16.0. The minimum absolute atomic E-state index is 0.970. The number of imidazole rings is 1. The molecular weight excluding hydrogens is 322 g/mol. The first-order valence-electron chi connectivity index (χ1n) is 9.03. The van der Waals surface area contributed by atoms with Crippen LogP contribution in [0.1, 0.15) is 53.8 Å². The van der Waals surface area contributed by atoms with Gasteiger partial charge in [-0.05, 0) is 11.5 Å². The van der Waals surface area contributed by atoms with Crippen LogP contribution < -0.4 is 0 Å². The second-order valence-electron chi connectivity index (χ2n) is 4.83. The van der Waals surface area contributed by atoms with Crippen LogP contribution in [0.5, 0.6) is 0 Å². The molecule has 0 atom stereocenters. The zero-order valence-corrected chi connectivity index (χ0v) is 18.1. The molecule has 0 aliphatic carbocycles. The van der Waals surface area contributed by atoms with Crippen molar-refractivity contribution in [1.82, 2.24) is 14.5 Å². The van der Waals surface area contributed by atoms with Crippen molar-refractivity contribution in [3.63, 3.8) is 0 Å². The number of thioether (sulfide) groups is 2. The van der Waals surface area contributed by atoms with Crippen molar-refractivity contribution in [3.8, 4) is 0 Å². The van der Waals surface area contributed by atoms with Gasteiger partial charge >= 0.3 is 0 Å². The highest BCUT2D eigenvalue weighted by Gasteiger charge is 2.08. The summed E-state index contributed by atoms with van der Waals surface area (Å²) in [4.78, 5) is 6.94. The first-order valence-corrected chi connectivity index (χ1v) is 11.3. The molecule has 0 bridgehead atoms. The summed E-state index contributed by atoms with van der Waals surface area (Å²) in [7, 11) is 2.07. The Morgan fingerprint density at radius 2 is 1.48 bits per heavy atom. The van der Waals surface area contributed by atoms with Crippen LogP contribution in [-0.2, 0) is 13.6 Å². The summed E-state index contributed by atoms with van der Waals surface area (Å²) in [5, 5.41) is 0. The predicted molar refractivity (Wildman–Crippen MR) is 112 cm³/mol. The Morgan fingerprint density at radius 3 is 1.83 bits per heavy atom. The largest absolute Gasteiger partial charge is 0.337 e. The van der Waals surface area contributed by atoms with Gasteiger partial charge in [-0.1, -0.05) is 48.0 Å². The first kappa shape index (κ1) is 25.1. The summed E-state index contributed by atoms with van der Waals surface area (Å²) < 4.78 is 2.12. The molecule has 0 spiro atoms. The maximum Gasteiger partial charge on any atom is 0.122 e. The molecule has 0 N–H and O–H groups in total. The quantitative estimate of drug-likeness (QED) is 0.536. The summed E-state index contributed by atoms with van der Waals surface area (Å²) in [5.41, 5.74) is 0. The monoisotopic (exact) mass is 361 g/mol. The molecule has 3 nitrogen and oxygen atoms in total. The van der Waals surface area contributed by atoms with E-state index in [1.807, 2.05) is 49.8 Å². The highest BCUT2D eigenvalue weighted by molar-refractivity contribution is 7.99. The van der Waals surface area contributed by atoms with E-state index >= 15 is 0 Å². The topological polar surface area (TPSA) is 21.1 Å². The summed E-state index contributed by atoms with van der Waals surface area (Å²) in [6, 6.07) is 0. The average molecular weight is 362 g/mol. The van der Waals surface area contributed by atoms with E-state index in [-0.39, 0.29) is 0 Å². The second kappa shape index (κ2) is 19.9. The van der Waals surface area contributed by atoms with E-state index in [2.05, 4.69) is 49.2 Å².